The summed E-state index contributed by atoms with van der Waals surface area (Å²) in [6.07, 6.45) is 4.51. The molecule has 0 unspecified atom stereocenters. The Balaban J connectivity index is 2.58. The summed E-state index contributed by atoms with van der Waals surface area (Å²) in [5.74, 6) is 0. The fourth-order valence-electron chi connectivity index (χ4n) is 1.17. The summed E-state index contributed by atoms with van der Waals surface area (Å²) in [4.78, 5) is 0. The van der Waals surface area contributed by atoms with Crippen LogP contribution in [0.15, 0.2) is 30.3 Å². The van der Waals surface area contributed by atoms with Gasteiger partial charge in [-0.05, 0) is 25.8 Å². The first-order chi connectivity index (χ1) is 6.18. The van der Waals surface area contributed by atoms with Crippen molar-refractivity contribution in [2.45, 2.75) is 26.4 Å². The summed E-state index contributed by atoms with van der Waals surface area (Å²) < 4.78 is 0. The average molecular weight is 176 g/mol. The standard InChI is InChI=1S/C12H16O/c1-10-5-3-7-12(9-10)8-4-6-11(2)13/h3-5,7-9,11,13H,6H2,1-2H3/b8-4+/t11-/m0/s1. The maximum Gasteiger partial charge on any atom is 0.0546 e. The van der Waals surface area contributed by atoms with Crippen LogP contribution in [0.5, 0.6) is 0 Å². The third-order valence-corrected chi connectivity index (χ3v) is 1.83. The van der Waals surface area contributed by atoms with Crippen molar-refractivity contribution in [3.8, 4) is 0 Å². The Kier molecular flexibility index (Phi) is 3.71. The van der Waals surface area contributed by atoms with Crippen molar-refractivity contribution >= 4 is 6.08 Å². The lowest BCUT2D eigenvalue weighted by molar-refractivity contribution is 0.199. The van der Waals surface area contributed by atoms with Crippen molar-refractivity contribution in [2.75, 3.05) is 0 Å². The topological polar surface area (TPSA) is 20.2 Å². The summed E-state index contributed by atoms with van der Waals surface area (Å²) in [6.45, 7) is 3.87. The maximum atomic E-state index is 9.03. The largest absolute Gasteiger partial charge is 0.393 e. The minimum atomic E-state index is -0.249. The maximum absolute atomic E-state index is 9.03. The molecule has 0 heterocycles. The van der Waals surface area contributed by atoms with Gasteiger partial charge in [-0.3, -0.25) is 0 Å². The molecule has 1 rings (SSSR count). The SMILES string of the molecule is Cc1cccc(/C=C/C[C@H](C)O)c1. The Morgan fingerprint density at radius 2 is 2.23 bits per heavy atom. The Hall–Kier alpha value is -1.08. The van der Waals surface area contributed by atoms with E-state index in [1.165, 1.54) is 11.1 Å². The minimum Gasteiger partial charge on any atom is -0.393 e. The van der Waals surface area contributed by atoms with Crippen LogP contribution in [0.2, 0.25) is 0 Å². The van der Waals surface area contributed by atoms with Crippen molar-refractivity contribution in [1.29, 1.82) is 0 Å². The summed E-state index contributed by atoms with van der Waals surface area (Å²) in [6, 6.07) is 8.30. The van der Waals surface area contributed by atoms with E-state index in [1.807, 2.05) is 18.2 Å². The highest BCUT2D eigenvalue weighted by Gasteiger charge is 1.90. The molecule has 0 amide bonds. The molecule has 1 aromatic rings. The summed E-state index contributed by atoms with van der Waals surface area (Å²) in [5, 5.41) is 9.03. The summed E-state index contributed by atoms with van der Waals surface area (Å²) in [5.41, 5.74) is 2.46. The van der Waals surface area contributed by atoms with E-state index in [0.717, 1.165) is 0 Å². The molecule has 0 saturated heterocycles. The van der Waals surface area contributed by atoms with E-state index in [2.05, 4.69) is 25.1 Å². The lowest BCUT2D eigenvalue weighted by atomic mass is 10.1. The van der Waals surface area contributed by atoms with Gasteiger partial charge in [0.05, 0.1) is 6.10 Å². The first-order valence-electron chi connectivity index (χ1n) is 4.60. The van der Waals surface area contributed by atoms with E-state index in [1.54, 1.807) is 6.92 Å². The normalized spacial score (nSPS) is 13.5. The van der Waals surface area contributed by atoms with Crippen LogP contribution >= 0.6 is 0 Å². The number of benzene rings is 1. The smallest absolute Gasteiger partial charge is 0.0546 e. The van der Waals surface area contributed by atoms with Gasteiger partial charge in [0.1, 0.15) is 0 Å². The van der Waals surface area contributed by atoms with E-state index >= 15 is 0 Å². The van der Waals surface area contributed by atoms with Crippen LogP contribution in [-0.2, 0) is 0 Å². The highest BCUT2D eigenvalue weighted by atomic mass is 16.3. The first kappa shape index (κ1) is 10.0. The van der Waals surface area contributed by atoms with Gasteiger partial charge in [0.25, 0.3) is 0 Å². The molecule has 0 aliphatic carbocycles. The van der Waals surface area contributed by atoms with Crippen molar-refractivity contribution in [1.82, 2.24) is 0 Å². The van der Waals surface area contributed by atoms with Crippen LogP contribution in [0.1, 0.15) is 24.5 Å². The zero-order chi connectivity index (χ0) is 9.68. The second kappa shape index (κ2) is 4.83. The third-order valence-electron chi connectivity index (χ3n) is 1.83. The van der Waals surface area contributed by atoms with Crippen LogP contribution in [0.4, 0.5) is 0 Å². The van der Waals surface area contributed by atoms with Crippen LogP contribution in [0.3, 0.4) is 0 Å². The molecule has 1 nitrogen and oxygen atoms in total. The summed E-state index contributed by atoms with van der Waals surface area (Å²) >= 11 is 0. The van der Waals surface area contributed by atoms with Crippen molar-refractivity contribution in [2.24, 2.45) is 0 Å². The molecular formula is C12H16O. The Bertz CT molecular complexity index is 287. The van der Waals surface area contributed by atoms with Gasteiger partial charge in [0.15, 0.2) is 0 Å². The van der Waals surface area contributed by atoms with Crippen molar-refractivity contribution in [3.05, 3.63) is 41.5 Å². The fourth-order valence-corrected chi connectivity index (χ4v) is 1.17. The Labute approximate surface area is 79.7 Å². The highest BCUT2D eigenvalue weighted by molar-refractivity contribution is 5.50. The molecule has 0 spiro atoms. The second-order valence-electron chi connectivity index (χ2n) is 3.40. The van der Waals surface area contributed by atoms with Crippen molar-refractivity contribution < 1.29 is 5.11 Å². The lowest BCUT2D eigenvalue weighted by Crippen LogP contribution is -1.95. The number of aryl methyl sites for hydroxylation is 1. The highest BCUT2D eigenvalue weighted by Crippen LogP contribution is 2.06. The fraction of sp³-hybridized carbons (Fsp3) is 0.333. The van der Waals surface area contributed by atoms with Crippen LogP contribution in [0, 0.1) is 6.92 Å². The monoisotopic (exact) mass is 176 g/mol. The van der Waals surface area contributed by atoms with Gasteiger partial charge in [-0.2, -0.15) is 0 Å². The number of rotatable bonds is 3. The molecule has 0 aliphatic rings. The molecule has 0 radical (unpaired) electrons. The van der Waals surface area contributed by atoms with Crippen LogP contribution in [-0.4, -0.2) is 11.2 Å². The molecular weight excluding hydrogens is 160 g/mol. The number of hydrogen-bond acceptors (Lipinski definition) is 1. The Morgan fingerprint density at radius 1 is 1.46 bits per heavy atom. The van der Waals surface area contributed by atoms with E-state index in [4.69, 9.17) is 5.11 Å². The van der Waals surface area contributed by atoms with E-state index < -0.39 is 0 Å². The number of aliphatic hydroxyl groups excluding tert-OH is 1. The molecule has 0 bridgehead atoms. The molecule has 13 heavy (non-hydrogen) atoms. The third kappa shape index (κ3) is 3.90. The van der Waals surface area contributed by atoms with Gasteiger partial charge in [-0.25, -0.2) is 0 Å². The quantitative estimate of drug-likeness (QED) is 0.750. The molecule has 1 aromatic carbocycles. The van der Waals surface area contributed by atoms with E-state index in [0.29, 0.717) is 6.42 Å². The average Bonchev–Trinajstić information content (AvgIpc) is 2.03. The van der Waals surface area contributed by atoms with Gasteiger partial charge in [0.2, 0.25) is 0 Å². The molecule has 0 aromatic heterocycles. The van der Waals surface area contributed by atoms with Crippen LogP contribution < -0.4 is 0 Å². The number of aliphatic hydroxyl groups is 1. The van der Waals surface area contributed by atoms with Gasteiger partial charge in [0, 0.05) is 0 Å². The van der Waals surface area contributed by atoms with Gasteiger partial charge >= 0.3 is 0 Å². The van der Waals surface area contributed by atoms with Gasteiger partial charge in [-0.1, -0.05) is 42.0 Å². The predicted molar refractivity (Wildman–Crippen MR) is 56.5 cm³/mol. The zero-order valence-electron chi connectivity index (χ0n) is 8.20. The van der Waals surface area contributed by atoms with Gasteiger partial charge < -0.3 is 5.11 Å². The van der Waals surface area contributed by atoms with Crippen molar-refractivity contribution in [3.63, 3.8) is 0 Å². The predicted octanol–water partition coefficient (Wildman–Crippen LogP) is 2.78. The molecule has 70 valence electrons. The first-order valence-corrected chi connectivity index (χ1v) is 4.60. The molecule has 1 heteroatoms. The zero-order valence-corrected chi connectivity index (χ0v) is 8.20. The van der Waals surface area contributed by atoms with Crippen LogP contribution in [0.25, 0.3) is 6.08 Å². The molecule has 1 atom stereocenters. The molecule has 0 aliphatic heterocycles. The number of hydrogen-bond donors (Lipinski definition) is 1. The van der Waals surface area contributed by atoms with Gasteiger partial charge in [-0.15, -0.1) is 0 Å². The summed E-state index contributed by atoms with van der Waals surface area (Å²) in [7, 11) is 0. The van der Waals surface area contributed by atoms with E-state index in [9.17, 15) is 0 Å². The molecule has 0 fully saturated rings. The minimum absolute atomic E-state index is 0.249. The lowest BCUT2D eigenvalue weighted by Gasteiger charge is -1.97. The second-order valence-corrected chi connectivity index (χ2v) is 3.40. The van der Waals surface area contributed by atoms with E-state index in [-0.39, 0.29) is 6.10 Å². The molecule has 1 N–H and O–H groups in total. The molecule has 0 saturated carbocycles. The Morgan fingerprint density at radius 3 is 2.85 bits per heavy atom.